The molecule has 0 atom stereocenters. The van der Waals surface area contributed by atoms with Gasteiger partial charge in [-0.3, -0.25) is 0 Å². The molecule has 10 rings (SSSR count). The summed E-state index contributed by atoms with van der Waals surface area (Å²) in [5.41, 5.74) is 43.5. The Hall–Kier alpha value is -9.63. The Kier molecular flexibility index (Phi) is 24.9. The molecule has 0 aliphatic heterocycles. The summed E-state index contributed by atoms with van der Waals surface area (Å²) in [6.07, 6.45) is 0.752. The van der Waals surface area contributed by atoms with E-state index in [9.17, 15) is 4.39 Å². The highest BCUT2D eigenvalue weighted by Crippen LogP contribution is 2.38. The maximum Gasteiger partial charge on any atom is 0.222 e. The first-order valence-electron chi connectivity index (χ1n) is 27.7. The Balaban J connectivity index is 0.000000181. The molecule has 472 valence electrons. The smallest absolute Gasteiger partial charge is 0.222 e. The third-order valence-electron chi connectivity index (χ3n) is 13.5. The minimum Gasteiger partial charge on any atom is -0.495 e. The van der Waals surface area contributed by atoms with Gasteiger partial charge < -0.3 is 54.7 Å². The second-order valence-corrected chi connectivity index (χ2v) is 22.0. The molecule has 14 N–H and O–H groups in total. The van der Waals surface area contributed by atoms with E-state index >= 15 is 0 Å². The second-order valence-electron chi connectivity index (χ2n) is 20.0. The van der Waals surface area contributed by atoms with Crippen molar-refractivity contribution in [2.75, 3.05) is 85.2 Å². The normalized spacial score (nSPS) is 10.3. The molecule has 91 heavy (non-hydrogen) atoms. The van der Waals surface area contributed by atoms with E-state index in [1.807, 2.05) is 46.0 Å². The van der Waals surface area contributed by atoms with Crippen LogP contribution < -0.4 is 54.7 Å². The topological polar surface area (TPSA) is 340 Å². The van der Waals surface area contributed by atoms with Crippen LogP contribution in [0.25, 0.3) is 56.3 Å². The van der Waals surface area contributed by atoms with E-state index in [1.54, 1.807) is 88.7 Å². The van der Waals surface area contributed by atoms with Crippen LogP contribution in [0.1, 0.15) is 51.6 Å². The highest BCUT2D eigenvalue weighted by atomic mass is 35.5. The summed E-state index contributed by atoms with van der Waals surface area (Å²) in [7, 11) is 8.62. The van der Waals surface area contributed by atoms with Gasteiger partial charge in [-0.05, 0) is 142 Å². The number of nitrogens with zero attached hydrogens (tertiary/aromatic N) is 11. The van der Waals surface area contributed by atoms with E-state index in [1.165, 1.54) is 29.9 Å². The fraction of sp³-hybridized carbons (Fsp3) is 0.203. The zero-order chi connectivity index (χ0) is 67.0. The molecule has 0 radical (unpaired) electrons. The first-order valence-corrected chi connectivity index (χ1v) is 29.6. The molecule has 10 aromatic rings. The van der Waals surface area contributed by atoms with E-state index < -0.39 is 0 Å². The summed E-state index contributed by atoms with van der Waals surface area (Å²) in [6, 6.07) is 30.7. The summed E-state index contributed by atoms with van der Waals surface area (Å²) in [5, 5.41) is 23.3. The van der Waals surface area contributed by atoms with Gasteiger partial charge in [0.1, 0.15) is 34.8 Å². The number of aromatic nitrogens is 10. The van der Waals surface area contributed by atoms with Crippen LogP contribution >= 0.6 is 58.0 Å². The summed E-state index contributed by atoms with van der Waals surface area (Å²) < 4.78 is 18.5. The standard InChI is InChI=1S/C14H18N4.C13H11ClN4.C13H15FN4.C12H12Cl2N4O.C12H12Cl2N4/c1-8-5-10(3)11(6-9(8)2)12-7-13(16-4)18-14(15)17-12;1-2-10-6-12(18-13(16)17-10)11-5-9(14)4-3-8(11)7-15;1-7-5-10(14)8(2)4-9(7)11-6-12(16-3)18-13(15)17-11;1-16-11-5-9(17-12(15)18-11)6-3-8(14)10(19-2)4-7(6)13;1-6-3-8(13)9(14)4-7(6)10-5-11(16-2)18-12(15)17-10/h5-7H,1-4H3,(H3,15,16,17,18);3-6H,2H2,1H3,(H2,16,17,18);4-6H,1-3H3,(H3,15,16,17,18);3-5H,1-2H3,(H3,15,16,17,18);3-5H,1-2H3,(H3,15,16,17,18). The maximum atomic E-state index is 13.4. The number of hydrogen-bond acceptors (Lipinski definition) is 21. The molecule has 0 unspecified atom stereocenters. The number of nitrogens with two attached hydrogens (primary N) is 5. The second kappa shape index (κ2) is 32.2. The van der Waals surface area contributed by atoms with Crippen molar-refractivity contribution >= 4 is 111 Å². The van der Waals surface area contributed by atoms with Gasteiger partial charge in [0.05, 0.1) is 67.3 Å². The molecular formula is C64H68Cl5FN20O. The number of ether oxygens (including phenoxy) is 1. The van der Waals surface area contributed by atoms with E-state index in [-0.39, 0.29) is 35.6 Å². The van der Waals surface area contributed by atoms with Gasteiger partial charge in [0.15, 0.2) is 0 Å². The molecule has 0 saturated heterocycles. The predicted molar refractivity (Wildman–Crippen MR) is 372 cm³/mol. The minimum atomic E-state index is -0.216. The molecular weight excluding hydrogens is 1260 g/mol. The summed E-state index contributed by atoms with van der Waals surface area (Å²) in [6.45, 7) is 13.8. The van der Waals surface area contributed by atoms with Crippen LogP contribution in [0.4, 0.5) is 57.4 Å². The van der Waals surface area contributed by atoms with Gasteiger partial charge in [0, 0.05) is 97.1 Å². The van der Waals surface area contributed by atoms with Gasteiger partial charge in [0.25, 0.3) is 0 Å². The average Bonchev–Trinajstić information content (AvgIpc) is 1.45. The van der Waals surface area contributed by atoms with Gasteiger partial charge in [-0.15, -0.1) is 0 Å². The lowest BCUT2D eigenvalue weighted by Crippen LogP contribution is -2.02. The number of nitrogens with one attached hydrogen (secondary N) is 4. The van der Waals surface area contributed by atoms with Crippen LogP contribution in [0.15, 0.2) is 97.1 Å². The minimum absolute atomic E-state index is 0.157. The summed E-state index contributed by atoms with van der Waals surface area (Å²) in [5.74, 6) is 3.97. The van der Waals surface area contributed by atoms with Gasteiger partial charge in [-0.1, -0.05) is 71.0 Å². The molecule has 0 saturated carbocycles. The molecule has 0 amide bonds. The maximum absolute atomic E-state index is 13.4. The van der Waals surface area contributed by atoms with Crippen LogP contribution in [0.3, 0.4) is 0 Å². The van der Waals surface area contributed by atoms with Crippen LogP contribution in [-0.4, -0.2) is 85.1 Å². The zero-order valence-corrected chi connectivity index (χ0v) is 55.7. The first-order chi connectivity index (χ1) is 43.2. The van der Waals surface area contributed by atoms with Crippen molar-refractivity contribution in [1.29, 1.82) is 5.26 Å². The molecule has 0 spiro atoms. The van der Waals surface area contributed by atoms with E-state index in [4.69, 9.17) is 96.7 Å². The third kappa shape index (κ3) is 19.0. The fourth-order valence-corrected chi connectivity index (χ4v) is 9.73. The molecule has 27 heteroatoms. The SMILES string of the molecule is CCc1cc(-c2cc(Cl)ccc2C#N)nc(N)n1.CNc1cc(-c2cc(C)c(C)cc2C)nc(N)n1.CNc1cc(-c2cc(C)c(F)cc2C)nc(N)n1.CNc1cc(-c2cc(Cl)c(Cl)cc2C)nc(N)n1.CNc1cc(-c2cc(Cl)c(OC)cc2Cl)nc(N)n1. The van der Waals surface area contributed by atoms with Crippen LogP contribution in [0, 0.1) is 58.7 Å². The van der Waals surface area contributed by atoms with Crippen molar-refractivity contribution in [3.05, 3.63) is 173 Å². The van der Waals surface area contributed by atoms with Crippen LogP contribution in [-0.2, 0) is 6.42 Å². The van der Waals surface area contributed by atoms with E-state index in [2.05, 4.69) is 110 Å². The Morgan fingerprint density at radius 2 is 0.802 bits per heavy atom. The average molecular weight is 1330 g/mol. The van der Waals surface area contributed by atoms with E-state index in [0.717, 1.165) is 51.4 Å². The molecule has 21 nitrogen and oxygen atoms in total. The number of nitriles is 1. The largest absolute Gasteiger partial charge is 0.495 e. The fourth-order valence-electron chi connectivity index (χ4n) is 8.69. The predicted octanol–water partition coefficient (Wildman–Crippen LogP) is 14.5. The molecule has 5 heterocycles. The van der Waals surface area contributed by atoms with E-state index in [0.29, 0.717) is 93.3 Å². The van der Waals surface area contributed by atoms with Crippen molar-refractivity contribution in [2.24, 2.45) is 0 Å². The molecule has 0 fully saturated rings. The molecule has 5 aromatic carbocycles. The Labute approximate surface area is 552 Å². The molecule has 0 aliphatic carbocycles. The van der Waals surface area contributed by atoms with Gasteiger partial charge in [-0.25, -0.2) is 34.3 Å². The lowest BCUT2D eigenvalue weighted by atomic mass is 9.98. The molecule has 5 aromatic heterocycles. The number of hydrogen-bond donors (Lipinski definition) is 9. The van der Waals surface area contributed by atoms with Crippen molar-refractivity contribution in [3.8, 4) is 68.1 Å². The highest BCUT2D eigenvalue weighted by Gasteiger charge is 2.16. The van der Waals surface area contributed by atoms with Gasteiger partial charge in [0.2, 0.25) is 29.7 Å². The number of methoxy groups -OCH3 is 1. The Morgan fingerprint density at radius 3 is 1.25 bits per heavy atom. The Bertz CT molecular complexity index is 4050. The monoisotopic (exact) mass is 1330 g/mol. The number of rotatable bonds is 11. The number of anilines is 9. The lowest BCUT2D eigenvalue weighted by molar-refractivity contribution is 0.415. The molecule has 0 aliphatic rings. The Morgan fingerprint density at radius 1 is 0.418 bits per heavy atom. The lowest BCUT2D eigenvalue weighted by Gasteiger charge is -2.11. The first kappa shape index (κ1) is 70.5. The van der Waals surface area contributed by atoms with Crippen molar-refractivity contribution in [2.45, 2.75) is 54.9 Å². The van der Waals surface area contributed by atoms with Crippen molar-refractivity contribution < 1.29 is 9.13 Å². The number of nitrogen functional groups attached to an aromatic ring is 5. The summed E-state index contributed by atoms with van der Waals surface area (Å²) >= 11 is 30.2. The quantitative estimate of drug-likeness (QED) is 0.0581. The van der Waals surface area contributed by atoms with Crippen LogP contribution in [0.5, 0.6) is 5.75 Å². The highest BCUT2D eigenvalue weighted by molar-refractivity contribution is 6.42. The van der Waals surface area contributed by atoms with Gasteiger partial charge in [-0.2, -0.15) is 25.2 Å². The molecule has 0 bridgehead atoms. The number of benzene rings is 5. The number of aryl methyl sites for hydroxylation is 7. The summed E-state index contributed by atoms with van der Waals surface area (Å²) in [4.78, 5) is 41.3. The van der Waals surface area contributed by atoms with Crippen LogP contribution in [0.2, 0.25) is 25.1 Å². The van der Waals surface area contributed by atoms with Crippen molar-refractivity contribution in [3.63, 3.8) is 0 Å². The van der Waals surface area contributed by atoms with Gasteiger partial charge >= 0.3 is 0 Å². The third-order valence-corrected chi connectivity index (χ3v) is 15.1. The number of halogens is 6. The van der Waals surface area contributed by atoms with Crippen molar-refractivity contribution in [1.82, 2.24) is 49.8 Å². The zero-order valence-electron chi connectivity index (χ0n) is 51.9.